The van der Waals surface area contributed by atoms with Crippen molar-refractivity contribution >= 4 is 11.8 Å². The minimum Gasteiger partial charge on any atom is -0.341 e. The number of hydrogen-bond acceptors (Lipinski definition) is 4. The van der Waals surface area contributed by atoms with Crippen molar-refractivity contribution in [2.24, 2.45) is 0 Å². The van der Waals surface area contributed by atoms with Crippen molar-refractivity contribution in [1.82, 2.24) is 20.2 Å². The van der Waals surface area contributed by atoms with Crippen LogP contribution in [0.4, 0.5) is 0 Å². The van der Waals surface area contributed by atoms with Crippen molar-refractivity contribution in [3.8, 4) is 11.4 Å². The van der Waals surface area contributed by atoms with E-state index < -0.39 is 6.04 Å². The van der Waals surface area contributed by atoms with Crippen molar-refractivity contribution in [1.29, 1.82) is 0 Å². The van der Waals surface area contributed by atoms with Gasteiger partial charge in [0, 0.05) is 37.5 Å². The van der Waals surface area contributed by atoms with E-state index in [-0.39, 0.29) is 11.8 Å². The molecule has 30 heavy (non-hydrogen) atoms. The number of amides is 2. The van der Waals surface area contributed by atoms with Crippen molar-refractivity contribution < 1.29 is 9.59 Å². The molecule has 1 N–H and O–H groups in total. The van der Waals surface area contributed by atoms with Crippen molar-refractivity contribution in [2.45, 2.75) is 25.3 Å². The van der Waals surface area contributed by atoms with Crippen LogP contribution in [0.2, 0.25) is 0 Å². The Balaban J connectivity index is 1.50. The van der Waals surface area contributed by atoms with Crippen molar-refractivity contribution in [2.75, 3.05) is 13.1 Å². The maximum Gasteiger partial charge on any atom is 0.255 e. The summed E-state index contributed by atoms with van der Waals surface area (Å²) in [5.41, 5.74) is 2.23. The summed E-state index contributed by atoms with van der Waals surface area (Å²) in [6, 6.07) is 18.7. The monoisotopic (exact) mass is 400 g/mol. The van der Waals surface area contributed by atoms with E-state index in [2.05, 4.69) is 15.3 Å². The van der Waals surface area contributed by atoms with E-state index in [1.807, 2.05) is 65.6 Å². The Labute approximate surface area is 176 Å². The predicted octanol–water partition coefficient (Wildman–Crippen LogP) is 3.11. The molecule has 2 heterocycles. The molecule has 1 aliphatic heterocycles. The fourth-order valence-corrected chi connectivity index (χ4v) is 3.63. The number of nitrogens with zero attached hydrogens (tertiary/aromatic N) is 3. The van der Waals surface area contributed by atoms with Crippen LogP contribution < -0.4 is 5.32 Å². The molecule has 6 heteroatoms. The molecule has 1 saturated heterocycles. The van der Waals surface area contributed by atoms with Crippen LogP contribution in [-0.2, 0) is 11.2 Å². The van der Waals surface area contributed by atoms with Gasteiger partial charge < -0.3 is 10.2 Å². The molecule has 1 atom stereocenters. The molecule has 0 radical (unpaired) electrons. The number of aromatic nitrogens is 2. The SMILES string of the molecule is O=C(NC(Cc1ccccc1)C(=O)N1CCCC1)c1cnc(-c2ccccc2)nc1. The smallest absolute Gasteiger partial charge is 0.255 e. The molecular weight excluding hydrogens is 376 g/mol. The second kappa shape index (κ2) is 9.31. The lowest BCUT2D eigenvalue weighted by Gasteiger charge is -2.24. The zero-order valence-corrected chi connectivity index (χ0v) is 16.7. The van der Waals surface area contributed by atoms with Gasteiger partial charge in [0.15, 0.2) is 5.82 Å². The predicted molar refractivity (Wildman–Crippen MR) is 115 cm³/mol. The molecule has 2 aromatic carbocycles. The lowest BCUT2D eigenvalue weighted by molar-refractivity contribution is -0.132. The van der Waals surface area contributed by atoms with Gasteiger partial charge in [0.1, 0.15) is 6.04 Å². The van der Waals surface area contributed by atoms with E-state index in [0.29, 0.717) is 17.8 Å². The molecule has 0 bridgehead atoms. The summed E-state index contributed by atoms with van der Waals surface area (Å²) >= 11 is 0. The fourth-order valence-electron chi connectivity index (χ4n) is 3.63. The van der Waals surface area contributed by atoms with E-state index in [0.717, 1.165) is 37.1 Å². The standard InChI is InChI=1S/C24H24N4O2/c29-23(20-16-25-22(26-17-20)19-11-5-2-6-12-19)27-21(15-18-9-3-1-4-10-18)24(30)28-13-7-8-14-28/h1-6,9-12,16-17,21H,7-8,13-15H2,(H,27,29). The quantitative estimate of drug-likeness (QED) is 0.690. The Kier molecular flexibility index (Phi) is 6.13. The summed E-state index contributed by atoms with van der Waals surface area (Å²) in [5, 5.41) is 2.91. The van der Waals surface area contributed by atoms with Crippen molar-refractivity contribution in [3.05, 3.63) is 84.2 Å². The van der Waals surface area contributed by atoms with E-state index in [4.69, 9.17) is 0 Å². The van der Waals surface area contributed by atoms with Crippen LogP contribution in [0.3, 0.4) is 0 Å². The number of likely N-dealkylation sites (tertiary alicyclic amines) is 1. The van der Waals surface area contributed by atoms with Gasteiger partial charge >= 0.3 is 0 Å². The summed E-state index contributed by atoms with van der Waals surface area (Å²) in [6.07, 6.45) is 5.47. The zero-order valence-electron chi connectivity index (χ0n) is 16.7. The maximum absolute atomic E-state index is 13.0. The minimum atomic E-state index is -0.619. The molecule has 3 aromatic rings. The van der Waals surface area contributed by atoms with Crippen LogP contribution in [0.1, 0.15) is 28.8 Å². The highest BCUT2D eigenvalue weighted by atomic mass is 16.2. The molecule has 6 nitrogen and oxygen atoms in total. The molecule has 1 aromatic heterocycles. The summed E-state index contributed by atoms with van der Waals surface area (Å²) in [5.74, 6) is 0.177. The van der Waals surface area contributed by atoms with Gasteiger partial charge in [0.05, 0.1) is 5.56 Å². The molecule has 0 spiro atoms. The number of rotatable bonds is 6. The van der Waals surface area contributed by atoms with E-state index in [1.54, 1.807) is 0 Å². The molecule has 152 valence electrons. The second-order valence-corrected chi connectivity index (χ2v) is 7.41. The van der Waals surface area contributed by atoms with Gasteiger partial charge in [-0.05, 0) is 18.4 Å². The third-order valence-electron chi connectivity index (χ3n) is 5.25. The molecule has 1 unspecified atom stereocenters. The Morgan fingerprint density at radius 2 is 1.50 bits per heavy atom. The third-order valence-corrected chi connectivity index (χ3v) is 5.25. The zero-order chi connectivity index (χ0) is 20.8. The van der Waals surface area contributed by atoms with Gasteiger partial charge in [-0.15, -0.1) is 0 Å². The first-order valence-electron chi connectivity index (χ1n) is 10.2. The van der Waals surface area contributed by atoms with Crippen LogP contribution in [0, 0.1) is 0 Å². The lowest BCUT2D eigenvalue weighted by Crippen LogP contribution is -2.49. The van der Waals surface area contributed by atoms with Gasteiger partial charge in [-0.2, -0.15) is 0 Å². The normalized spacial score (nSPS) is 14.3. The van der Waals surface area contributed by atoms with Gasteiger partial charge in [-0.25, -0.2) is 9.97 Å². The fraction of sp³-hybridized carbons (Fsp3) is 0.250. The summed E-state index contributed by atoms with van der Waals surface area (Å²) in [4.78, 5) is 36.4. The molecule has 2 amide bonds. The number of carbonyl (C=O) groups excluding carboxylic acids is 2. The van der Waals surface area contributed by atoms with Crippen LogP contribution in [0.5, 0.6) is 0 Å². The van der Waals surface area contributed by atoms with Crippen LogP contribution >= 0.6 is 0 Å². The topological polar surface area (TPSA) is 75.2 Å². The highest BCUT2D eigenvalue weighted by molar-refractivity contribution is 5.97. The third kappa shape index (κ3) is 4.71. The summed E-state index contributed by atoms with van der Waals surface area (Å²) in [7, 11) is 0. The number of hydrogen-bond donors (Lipinski definition) is 1. The number of nitrogens with one attached hydrogen (secondary N) is 1. The molecule has 1 aliphatic rings. The number of benzene rings is 2. The minimum absolute atomic E-state index is 0.0356. The van der Waals surface area contributed by atoms with Crippen LogP contribution in [0.15, 0.2) is 73.1 Å². The van der Waals surface area contributed by atoms with Crippen LogP contribution in [0.25, 0.3) is 11.4 Å². The molecule has 1 fully saturated rings. The summed E-state index contributed by atoms with van der Waals surface area (Å²) in [6.45, 7) is 1.49. The average Bonchev–Trinajstić information content (AvgIpc) is 3.34. The van der Waals surface area contributed by atoms with Crippen LogP contribution in [-0.4, -0.2) is 45.8 Å². The summed E-state index contributed by atoms with van der Waals surface area (Å²) < 4.78 is 0. The Morgan fingerprint density at radius 3 is 2.13 bits per heavy atom. The Hall–Kier alpha value is -3.54. The maximum atomic E-state index is 13.0. The number of carbonyl (C=O) groups is 2. The van der Waals surface area contributed by atoms with Gasteiger partial charge in [-0.1, -0.05) is 60.7 Å². The van der Waals surface area contributed by atoms with Gasteiger partial charge in [-0.3, -0.25) is 9.59 Å². The average molecular weight is 400 g/mol. The van der Waals surface area contributed by atoms with Crippen molar-refractivity contribution in [3.63, 3.8) is 0 Å². The molecule has 0 aliphatic carbocycles. The van der Waals surface area contributed by atoms with E-state index >= 15 is 0 Å². The molecular formula is C24H24N4O2. The lowest BCUT2D eigenvalue weighted by atomic mass is 10.0. The Bertz CT molecular complexity index is 985. The first-order valence-corrected chi connectivity index (χ1v) is 10.2. The molecule has 0 saturated carbocycles. The van der Waals surface area contributed by atoms with Gasteiger partial charge in [0.2, 0.25) is 5.91 Å². The highest BCUT2D eigenvalue weighted by Gasteiger charge is 2.28. The van der Waals surface area contributed by atoms with E-state index in [1.165, 1.54) is 12.4 Å². The Morgan fingerprint density at radius 1 is 0.900 bits per heavy atom. The first-order chi connectivity index (χ1) is 14.7. The van der Waals surface area contributed by atoms with E-state index in [9.17, 15) is 9.59 Å². The van der Waals surface area contributed by atoms with Gasteiger partial charge in [0.25, 0.3) is 5.91 Å². The molecule has 4 rings (SSSR count). The largest absolute Gasteiger partial charge is 0.341 e. The first kappa shape index (κ1) is 19.8. The highest BCUT2D eigenvalue weighted by Crippen LogP contribution is 2.15. The second-order valence-electron chi connectivity index (χ2n) is 7.41.